The molecule has 2 N–H and O–H groups in total. The van der Waals surface area contributed by atoms with Crippen molar-refractivity contribution in [1.29, 1.82) is 0 Å². The summed E-state index contributed by atoms with van der Waals surface area (Å²) in [6.45, 7) is 1.49. The molecule has 0 radical (unpaired) electrons. The predicted molar refractivity (Wildman–Crippen MR) is 81.8 cm³/mol. The van der Waals surface area contributed by atoms with Gasteiger partial charge >= 0.3 is 6.18 Å². The quantitative estimate of drug-likeness (QED) is 0.773. The fourth-order valence-electron chi connectivity index (χ4n) is 1.91. The van der Waals surface area contributed by atoms with Crippen molar-refractivity contribution in [2.45, 2.75) is 19.2 Å². The summed E-state index contributed by atoms with van der Waals surface area (Å²) in [7, 11) is 0. The van der Waals surface area contributed by atoms with E-state index < -0.39 is 17.8 Å². The highest BCUT2D eigenvalue weighted by Crippen LogP contribution is 2.38. The zero-order chi connectivity index (χ0) is 16.5. The van der Waals surface area contributed by atoms with Gasteiger partial charge in [-0.1, -0.05) is 11.6 Å². The third kappa shape index (κ3) is 3.84. The normalized spacial score (nSPS) is 13.0. The molecule has 1 heterocycles. The SMILES string of the molecule is C[C@@H](Oc1cc(Br)cnc1N)c1cc(Cl)ccc1C(F)(F)F. The van der Waals surface area contributed by atoms with Gasteiger partial charge in [-0.15, -0.1) is 0 Å². The maximum atomic E-state index is 13.1. The monoisotopic (exact) mass is 394 g/mol. The van der Waals surface area contributed by atoms with Crippen molar-refractivity contribution in [1.82, 2.24) is 4.98 Å². The molecule has 118 valence electrons. The summed E-state index contributed by atoms with van der Waals surface area (Å²) in [4.78, 5) is 3.87. The molecule has 0 saturated carbocycles. The zero-order valence-corrected chi connectivity index (χ0v) is 13.6. The van der Waals surface area contributed by atoms with Crippen LogP contribution in [0.3, 0.4) is 0 Å². The Balaban J connectivity index is 2.39. The van der Waals surface area contributed by atoms with E-state index in [1.807, 2.05) is 0 Å². The highest BCUT2D eigenvalue weighted by atomic mass is 79.9. The van der Waals surface area contributed by atoms with E-state index in [0.29, 0.717) is 4.47 Å². The summed E-state index contributed by atoms with van der Waals surface area (Å²) in [6, 6.07) is 4.89. The lowest BCUT2D eigenvalue weighted by atomic mass is 10.0. The molecule has 8 heteroatoms. The van der Waals surface area contributed by atoms with Gasteiger partial charge in [0.05, 0.1) is 5.56 Å². The second-order valence-corrected chi connectivity index (χ2v) is 5.88. The summed E-state index contributed by atoms with van der Waals surface area (Å²) in [5.74, 6) is 0.278. The second kappa shape index (κ2) is 6.34. The average Bonchev–Trinajstić information content (AvgIpc) is 2.41. The average molecular weight is 396 g/mol. The maximum Gasteiger partial charge on any atom is 0.416 e. The molecule has 0 fully saturated rings. The van der Waals surface area contributed by atoms with Crippen molar-refractivity contribution in [3.63, 3.8) is 0 Å². The number of nitrogen functional groups attached to an aromatic ring is 1. The molecule has 0 saturated heterocycles. The van der Waals surface area contributed by atoms with Gasteiger partial charge in [0.2, 0.25) is 0 Å². The summed E-state index contributed by atoms with van der Waals surface area (Å²) in [5, 5.41) is 0.193. The molecule has 3 nitrogen and oxygen atoms in total. The molecule has 0 spiro atoms. The van der Waals surface area contributed by atoms with Gasteiger partial charge in [0.1, 0.15) is 6.10 Å². The van der Waals surface area contributed by atoms with Gasteiger partial charge in [-0.05, 0) is 47.1 Å². The first-order chi connectivity index (χ1) is 10.2. The minimum Gasteiger partial charge on any atom is -0.482 e. The molecular weight excluding hydrogens is 385 g/mol. The first kappa shape index (κ1) is 16.9. The number of hydrogen-bond acceptors (Lipinski definition) is 3. The zero-order valence-electron chi connectivity index (χ0n) is 11.3. The lowest BCUT2D eigenvalue weighted by Gasteiger charge is -2.20. The molecule has 2 aromatic rings. The van der Waals surface area contributed by atoms with Crippen LogP contribution in [0.1, 0.15) is 24.2 Å². The van der Waals surface area contributed by atoms with Crippen molar-refractivity contribution >= 4 is 33.3 Å². The topological polar surface area (TPSA) is 48.1 Å². The molecule has 0 bridgehead atoms. The van der Waals surface area contributed by atoms with E-state index in [1.54, 1.807) is 0 Å². The predicted octanol–water partition coefficient (Wildman–Crippen LogP) is 5.24. The molecule has 0 amide bonds. The van der Waals surface area contributed by atoms with E-state index >= 15 is 0 Å². The Hall–Kier alpha value is -1.47. The van der Waals surface area contributed by atoms with E-state index in [1.165, 1.54) is 31.3 Å². The number of ether oxygens (including phenoxy) is 1. The lowest BCUT2D eigenvalue weighted by Crippen LogP contribution is -2.14. The molecule has 22 heavy (non-hydrogen) atoms. The summed E-state index contributed by atoms with van der Waals surface area (Å²) >= 11 is 9.00. The third-order valence-corrected chi connectivity index (χ3v) is 3.58. The number of nitrogens with zero attached hydrogens (tertiary/aromatic N) is 1. The standard InChI is InChI=1S/C14H11BrClF3N2O/c1-7(22-12-4-8(15)6-21-13(12)20)10-5-9(16)2-3-11(10)14(17,18)19/h2-7H,1H3,(H2,20,21)/t7-/m1/s1. The molecule has 0 aliphatic rings. The van der Waals surface area contributed by atoms with Gasteiger partial charge < -0.3 is 10.5 Å². The Morgan fingerprint density at radius 1 is 1.32 bits per heavy atom. The van der Waals surface area contributed by atoms with Crippen LogP contribution in [0.5, 0.6) is 5.75 Å². The Labute approximate surface area is 138 Å². The van der Waals surface area contributed by atoms with Crippen LogP contribution in [0.4, 0.5) is 19.0 Å². The summed E-state index contributed by atoms with van der Waals surface area (Å²) in [5.41, 5.74) is 4.79. The van der Waals surface area contributed by atoms with Crippen molar-refractivity contribution in [2.75, 3.05) is 5.73 Å². The number of hydrogen-bond donors (Lipinski definition) is 1. The van der Waals surface area contributed by atoms with E-state index in [4.69, 9.17) is 22.1 Å². The molecule has 1 aromatic carbocycles. The Bertz CT molecular complexity index is 694. The largest absolute Gasteiger partial charge is 0.482 e. The molecule has 0 aliphatic heterocycles. The number of rotatable bonds is 3. The van der Waals surface area contributed by atoms with Crippen LogP contribution in [0.2, 0.25) is 5.02 Å². The summed E-state index contributed by atoms with van der Waals surface area (Å²) in [6.07, 6.45) is -3.94. The van der Waals surface area contributed by atoms with E-state index in [9.17, 15) is 13.2 Å². The smallest absolute Gasteiger partial charge is 0.416 e. The third-order valence-electron chi connectivity index (χ3n) is 2.91. The van der Waals surface area contributed by atoms with Gasteiger partial charge in [0, 0.05) is 21.3 Å². The number of aromatic nitrogens is 1. The Kier molecular flexibility index (Phi) is 4.87. The van der Waals surface area contributed by atoms with Crippen LogP contribution < -0.4 is 10.5 Å². The van der Waals surface area contributed by atoms with Crippen LogP contribution in [0.25, 0.3) is 0 Å². The van der Waals surface area contributed by atoms with E-state index in [2.05, 4.69) is 20.9 Å². The highest BCUT2D eigenvalue weighted by Gasteiger charge is 2.35. The number of nitrogens with two attached hydrogens (primary N) is 1. The van der Waals surface area contributed by atoms with Crippen molar-refractivity contribution < 1.29 is 17.9 Å². The molecule has 1 atom stereocenters. The van der Waals surface area contributed by atoms with Crippen molar-refractivity contribution in [2.24, 2.45) is 0 Å². The van der Waals surface area contributed by atoms with Gasteiger partial charge in [0.15, 0.2) is 11.6 Å². The van der Waals surface area contributed by atoms with Gasteiger partial charge in [-0.2, -0.15) is 13.2 Å². The molecule has 0 aliphatic carbocycles. The Morgan fingerprint density at radius 3 is 2.64 bits per heavy atom. The van der Waals surface area contributed by atoms with Crippen LogP contribution in [-0.2, 0) is 6.18 Å². The van der Waals surface area contributed by atoms with Gasteiger partial charge in [0.25, 0.3) is 0 Å². The second-order valence-electron chi connectivity index (χ2n) is 4.53. The lowest BCUT2D eigenvalue weighted by molar-refractivity contribution is -0.138. The molecular formula is C14H11BrClF3N2O. The molecule has 1 aromatic heterocycles. The van der Waals surface area contributed by atoms with Crippen LogP contribution in [-0.4, -0.2) is 4.98 Å². The van der Waals surface area contributed by atoms with E-state index in [-0.39, 0.29) is 22.2 Å². The van der Waals surface area contributed by atoms with Gasteiger partial charge in [-0.3, -0.25) is 0 Å². The number of pyridine rings is 1. The first-order valence-corrected chi connectivity index (χ1v) is 7.30. The first-order valence-electron chi connectivity index (χ1n) is 6.13. The van der Waals surface area contributed by atoms with Crippen LogP contribution in [0.15, 0.2) is 34.9 Å². The van der Waals surface area contributed by atoms with E-state index in [0.717, 1.165) is 6.07 Å². The minimum absolute atomic E-state index is 0.0700. The van der Waals surface area contributed by atoms with Crippen molar-refractivity contribution in [3.8, 4) is 5.75 Å². The van der Waals surface area contributed by atoms with Crippen LogP contribution in [0, 0.1) is 0 Å². The molecule has 0 unspecified atom stereocenters. The van der Waals surface area contributed by atoms with Crippen LogP contribution >= 0.6 is 27.5 Å². The number of halogens is 5. The number of anilines is 1. The number of alkyl halides is 3. The maximum absolute atomic E-state index is 13.1. The Morgan fingerprint density at radius 2 is 2.00 bits per heavy atom. The summed E-state index contributed by atoms with van der Waals surface area (Å²) < 4.78 is 45.4. The minimum atomic E-state index is -4.50. The fraction of sp³-hybridized carbons (Fsp3) is 0.214. The molecule has 2 rings (SSSR count). The van der Waals surface area contributed by atoms with Crippen molar-refractivity contribution in [3.05, 3.63) is 51.1 Å². The highest BCUT2D eigenvalue weighted by molar-refractivity contribution is 9.10. The fourth-order valence-corrected chi connectivity index (χ4v) is 2.40. The number of benzene rings is 1. The van der Waals surface area contributed by atoms with Gasteiger partial charge in [-0.25, -0.2) is 4.98 Å².